The van der Waals surface area contributed by atoms with E-state index in [2.05, 4.69) is 12.1 Å². The Kier molecular flexibility index (Phi) is 4.94. The maximum Gasteiger partial charge on any atom is 0.0649 e. The predicted molar refractivity (Wildman–Crippen MR) is 83.4 cm³/mol. The van der Waals surface area contributed by atoms with E-state index in [4.69, 9.17) is 5.73 Å². The van der Waals surface area contributed by atoms with E-state index >= 15 is 0 Å². The molecular weight excluding hydrogens is 246 g/mol. The van der Waals surface area contributed by atoms with E-state index in [1.807, 2.05) is 62.4 Å². The number of rotatable bonds is 5. The van der Waals surface area contributed by atoms with Crippen molar-refractivity contribution in [2.24, 2.45) is 11.7 Å². The quantitative estimate of drug-likeness (QED) is 0.873. The van der Waals surface area contributed by atoms with Gasteiger partial charge in [-0.1, -0.05) is 74.5 Å². The lowest BCUT2D eigenvalue weighted by Crippen LogP contribution is -2.32. The highest BCUT2D eigenvalue weighted by Crippen LogP contribution is 2.30. The van der Waals surface area contributed by atoms with Crippen molar-refractivity contribution in [3.05, 3.63) is 71.8 Å². The molecule has 2 rings (SSSR count). The molecule has 20 heavy (non-hydrogen) atoms. The van der Waals surface area contributed by atoms with Crippen molar-refractivity contribution in [3.8, 4) is 0 Å². The molecule has 0 aromatic heterocycles. The molecule has 106 valence electrons. The molecule has 2 heteroatoms. The normalized spacial score (nSPS) is 17.2. The summed E-state index contributed by atoms with van der Waals surface area (Å²) in [5.74, 6) is 0.0635. The molecule has 3 N–H and O–H groups in total. The summed E-state index contributed by atoms with van der Waals surface area (Å²) in [7, 11) is 0. The topological polar surface area (TPSA) is 46.2 Å². The van der Waals surface area contributed by atoms with Crippen molar-refractivity contribution in [3.63, 3.8) is 0 Å². The number of hydrogen-bond donors (Lipinski definition) is 2. The van der Waals surface area contributed by atoms with E-state index in [1.165, 1.54) is 0 Å². The molecule has 0 fully saturated rings. The Hall–Kier alpha value is -1.64. The summed E-state index contributed by atoms with van der Waals surface area (Å²) in [6.07, 6.45) is -0.465. The van der Waals surface area contributed by atoms with Crippen LogP contribution in [0.15, 0.2) is 60.7 Å². The maximum absolute atomic E-state index is 10.6. The lowest BCUT2D eigenvalue weighted by Gasteiger charge is -2.29. The zero-order valence-corrected chi connectivity index (χ0v) is 12.1. The highest BCUT2D eigenvalue weighted by Gasteiger charge is 2.27. The van der Waals surface area contributed by atoms with Crippen molar-refractivity contribution < 1.29 is 5.11 Å². The van der Waals surface area contributed by atoms with Crippen LogP contribution in [0.2, 0.25) is 0 Å². The minimum atomic E-state index is -0.465. The first-order chi connectivity index (χ1) is 9.61. The molecule has 0 aliphatic carbocycles. The molecule has 2 aromatic carbocycles. The third kappa shape index (κ3) is 3.27. The number of aliphatic hydroxyl groups is 1. The molecule has 0 heterocycles. The van der Waals surface area contributed by atoms with Gasteiger partial charge < -0.3 is 10.8 Å². The second-order valence-electron chi connectivity index (χ2n) is 5.49. The van der Waals surface area contributed by atoms with E-state index < -0.39 is 6.10 Å². The Morgan fingerprint density at radius 3 is 1.75 bits per heavy atom. The van der Waals surface area contributed by atoms with E-state index in [9.17, 15) is 5.11 Å². The highest BCUT2D eigenvalue weighted by atomic mass is 16.3. The highest BCUT2D eigenvalue weighted by molar-refractivity contribution is 5.22. The molecule has 4 atom stereocenters. The van der Waals surface area contributed by atoms with Crippen molar-refractivity contribution in [2.75, 3.05) is 0 Å². The summed E-state index contributed by atoms with van der Waals surface area (Å²) in [5, 5.41) is 10.6. The number of hydrogen-bond acceptors (Lipinski definition) is 2. The molecule has 2 nitrogen and oxygen atoms in total. The van der Waals surface area contributed by atoms with Crippen LogP contribution >= 0.6 is 0 Å². The van der Waals surface area contributed by atoms with Gasteiger partial charge in [0.15, 0.2) is 0 Å². The van der Waals surface area contributed by atoms with Gasteiger partial charge >= 0.3 is 0 Å². The first-order valence-electron chi connectivity index (χ1n) is 7.14. The predicted octanol–water partition coefficient (Wildman–Crippen LogP) is 3.49. The van der Waals surface area contributed by atoms with Gasteiger partial charge in [0, 0.05) is 17.9 Å². The SMILES string of the molecule is CC(c1ccccc1)[C@@H](O)[C@H](C)[C@@H](N)c1ccccc1. The Morgan fingerprint density at radius 1 is 0.800 bits per heavy atom. The molecule has 1 unspecified atom stereocenters. The maximum atomic E-state index is 10.6. The van der Waals surface area contributed by atoms with Crippen molar-refractivity contribution in [1.82, 2.24) is 0 Å². The van der Waals surface area contributed by atoms with E-state index in [1.54, 1.807) is 0 Å². The van der Waals surface area contributed by atoms with Crippen LogP contribution in [0.5, 0.6) is 0 Å². The largest absolute Gasteiger partial charge is 0.392 e. The van der Waals surface area contributed by atoms with Gasteiger partial charge in [-0.2, -0.15) is 0 Å². The van der Waals surface area contributed by atoms with Crippen LogP contribution in [0.25, 0.3) is 0 Å². The van der Waals surface area contributed by atoms with Crippen LogP contribution in [-0.2, 0) is 0 Å². The first-order valence-corrected chi connectivity index (χ1v) is 7.14. The zero-order chi connectivity index (χ0) is 14.5. The molecule has 0 saturated carbocycles. The Balaban J connectivity index is 2.10. The summed E-state index contributed by atoms with van der Waals surface area (Å²) in [5.41, 5.74) is 8.51. The minimum absolute atomic E-state index is 0.00685. The Labute approximate surface area is 121 Å². The number of benzene rings is 2. The standard InChI is InChI=1S/C18H23NO/c1-13(15-9-5-3-6-10-15)18(20)14(2)17(19)16-11-7-4-8-12-16/h3-14,17-18,20H,19H2,1-2H3/t13?,14-,17-,18-/m1/s1. The van der Waals surface area contributed by atoms with Crippen molar-refractivity contribution in [2.45, 2.75) is 31.9 Å². The molecule has 0 aliphatic heterocycles. The van der Waals surface area contributed by atoms with Gasteiger partial charge in [0.1, 0.15) is 0 Å². The van der Waals surface area contributed by atoms with Gasteiger partial charge in [-0.3, -0.25) is 0 Å². The van der Waals surface area contributed by atoms with Crippen LogP contribution in [0.1, 0.15) is 36.9 Å². The molecular formula is C18H23NO. The number of aliphatic hydroxyl groups excluding tert-OH is 1. The lowest BCUT2D eigenvalue weighted by molar-refractivity contribution is 0.0806. The van der Waals surface area contributed by atoms with Crippen molar-refractivity contribution >= 4 is 0 Å². The van der Waals surface area contributed by atoms with Gasteiger partial charge in [-0.25, -0.2) is 0 Å². The van der Waals surface area contributed by atoms with Gasteiger partial charge in [0.2, 0.25) is 0 Å². The lowest BCUT2D eigenvalue weighted by atomic mass is 9.82. The monoisotopic (exact) mass is 269 g/mol. The van der Waals surface area contributed by atoms with E-state index in [0.717, 1.165) is 11.1 Å². The first kappa shape index (κ1) is 14.8. The summed E-state index contributed by atoms with van der Waals surface area (Å²) < 4.78 is 0. The van der Waals surface area contributed by atoms with Gasteiger partial charge in [-0.15, -0.1) is 0 Å². The van der Waals surface area contributed by atoms with Crippen LogP contribution in [-0.4, -0.2) is 11.2 Å². The van der Waals surface area contributed by atoms with Gasteiger partial charge in [-0.05, 0) is 11.1 Å². The fourth-order valence-corrected chi connectivity index (χ4v) is 2.60. The van der Waals surface area contributed by atoms with Gasteiger partial charge in [0.25, 0.3) is 0 Å². The second kappa shape index (κ2) is 6.69. The van der Waals surface area contributed by atoms with Crippen LogP contribution in [0.4, 0.5) is 0 Å². The molecule has 0 radical (unpaired) electrons. The molecule has 2 aromatic rings. The summed E-state index contributed by atoms with van der Waals surface area (Å²) in [6, 6.07) is 19.9. The van der Waals surface area contributed by atoms with Crippen LogP contribution in [0, 0.1) is 5.92 Å². The summed E-state index contributed by atoms with van der Waals surface area (Å²) >= 11 is 0. The fraction of sp³-hybridized carbons (Fsp3) is 0.333. The fourth-order valence-electron chi connectivity index (χ4n) is 2.60. The zero-order valence-electron chi connectivity index (χ0n) is 12.1. The Bertz CT molecular complexity index is 462. The second-order valence-corrected chi connectivity index (χ2v) is 5.49. The molecule has 0 saturated heterocycles. The summed E-state index contributed by atoms with van der Waals surface area (Å²) in [4.78, 5) is 0. The average Bonchev–Trinajstić information content (AvgIpc) is 2.53. The molecule has 0 amide bonds. The molecule has 0 aliphatic rings. The average molecular weight is 269 g/mol. The number of nitrogens with two attached hydrogens (primary N) is 1. The molecule has 0 bridgehead atoms. The molecule has 0 spiro atoms. The Morgan fingerprint density at radius 2 is 1.25 bits per heavy atom. The van der Waals surface area contributed by atoms with Crippen molar-refractivity contribution in [1.29, 1.82) is 0 Å². The van der Waals surface area contributed by atoms with E-state index in [-0.39, 0.29) is 17.9 Å². The van der Waals surface area contributed by atoms with Gasteiger partial charge in [0.05, 0.1) is 6.10 Å². The third-order valence-corrected chi connectivity index (χ3v) is 4.13. The minimum Gasteiger partial charge on any atom is -0.392 e. The smallest absolute Gasteiger partial charge is 0.0649 e. The van der Waals surface area contributed by atoms with E-state index in [0.29, 0.717) is 0 Å². The van der Waals surface area contributed by atoms with Crippen LogP contribution < -0.4 is 5.73 Å². The van der Waals surface area contributed by atoms with Crippen LogP contribution in [0.3, 0.4) is 0 Å². The third-order valence-electron chi connectivity index (χ3n) is 4.13. The summed E-state index contributed by atoms with van der Waals surface area (Å²) in [6.45, 7) is 4.07.